The summed E-state index contributed by atoms with van der Waals surface area (Å²) in [6.45, 7) is 5.98. The van der Waals surface area contributed by atoms with E-state index >= 15 is 0 Å². The Morgan fingerprint density at radius 3 is 1.81 bits per heavy atom. The molecule has 0 aromatic heterocycles. The van der Waals surface area contributed by atoms with Gasteiger partial charge in [-0.1, -0.05) is 0 Å². The van der Waals surface area contributed by atoms with Crippen LogP contribution in [-0.4, -0.2) is 26.4 Å². The number of amides is 1. The molecule has 0 atom stereocenters. The Bertz CT molecular complexity index is 868. The Hall–Kier alpha value is -3.69. The highest BCUT2D eigenvalue weighted by Crippen LogP contribution is 2.36. The zero-order chi connectivity index (χ0) is 20.4. The van der Waals surface area contributed by atoms with Crippen LogP contribution in [0, 0.1) is 20.2 Å². The van der Waals surface area contributed by atoms with E-state index in [9.17, 15) is 30.1 Å². The number of hydrogen-bond donors (Lipinski definition) is 3. The molecule has 1 amide bonds. The van der Waals surface area contributed by atoms with E-state index in [-0.39, 0.29) is 11.1 Å². The summed E-state index contributed by atoms with van der Waals surface area (Å²) < 4.78 is 0. The van der Waals surface area contributed by atoms with Crippen LogP contribution in [-0.2, 0) is 0 Å². The molecule has 0 saturated carbocycles. The van der Waals surface area contributed by atoms with Crippen molar-refractivity contribution in [1.29, 1.82) is 0 Å². The van der Waals surface area contributed by atoms with Crippen molar-refractivity contribution < 1.29 is 19.7 Å². The summed E-state index contributed by atoms with van der Waals surface area (Å²) in [6, 6.07) is 8.29. The lowest BCUT2D eigenvalue weighted by molar-refractivity contribution is -0.396. The summed E-state index contributed by atoms with van der Waals surface area (Å²) in [4.78, 5) is 32.3. The largest absolute Gasteiger partial charge is 0.497 e. The fraction of sp³-hybridized carbons (Fsp3) is 0.235. The third kappa shape index (κ3) is 4.91. The standard InChI is InChI=1S/C17H18N4O6/c1-17(2,3)19-12-6-4-11(5-7-12)18-16(23)10-8-13(20(24)25)15(22)14(9-10)21(26)27/h4-9,19,22H,1-3H3,(H,18,23). The summed E-state index contributed by atoms with van der Waals surface area (Å²) in [7, 11) is 0. The first-order chi connectivity index (χ1) is 12.5. The van der Waals surface area contributed by atoms with Crippen LogP contribution in [0.1, 0.15) is 31.1 Å². The molecule has 10 heteroatoms. The van der Waals surface area contributed by atoms with Crippen molar-refractivity contribution in [1.82, 2.24) is 0 Å². The smallest absolute Gasteiger partial charge is 0.318 e. The number of nitro benzene ring substituents is 2. The summed E-state index contributed by atoms with van der Waals surface area (Å²) in [5, 5.41) is 37.3. The Morgan fingerprint density at radius 2 is 1.41 bits per heavy atom. The molecule has 10 nitrogen and oxygen atoms in total. The molecule has 0 aliphatic heterocycles. The molecule has 0 aliphatic carbocycles. The Balaban J connectivity index is 2.28. The molecule has 3 N–H and O–H groups in total. The molecule has 0 aliphatic rings. The Kier molecular flexibility index (Phi) is 5.29. The molecule has 0 heterocycles. The molecule has 0 saturated heterocycles. The molecule has 2 aromatic rings. The Morgan fingerprint density at radius 1 is 0.963 bits per heavy atom. The number of benzene rings is 2. The van der Waals surface area contributed by atoms with Crippen molar-refractivity contribution in [2.75, 3.05) is 10.6 Å². The van der Waals surface area contributed by atoms with Gasteiger partial charge in [-0.15, -0.1) is 0 Å². The summed E-state index contributed by atoms with van der Waals surface area (Å²) >= 11 is 0. The van der Waals surface area contributed by atoms with Gasteiger partial charge in [-0.3, -0.25) is 25.0 Å². The van der Waals surface area contributed by atoms with Crippen molar-refractivity contribution in [2.24, 2.45) is 0 Å². The van der Waals surface area contributed by atoms with Crippen LogP contribution in [0.15, 0.2) is 36.4 Å². The summed E-state index contributed by atoms with van der Waals surface area (Å²) in [5.41, 5.74) is -1.07. The molecule has 2 aromatic carbocycles. The third-order valence-corrected chi connectivity index (χ3v) is 3.39. The maximum absolute atomic E-state index is 12.3. The lowest BCUT2D eigenvalue weighted by atomic mass is 10.1. The second kappa shape index (κ2) is 7.28. The maximum Gasteiger partial charge on any atom is 0.318 e. The van der Waals surface area contributed by atoms with Crippen LogP contribution in [0.5, 0.6) is 5.75 Å². The van der Waals surface area contributed by atoms with Crippen LogP contribution in [0.25, 0.3) is 0 Å². The van der Waals surface area contributed by atoms with E-state index in [1.54, 1.807) is 24.3 Å². The van der Waals surface area contributed by atoms with Gasteiger partial charge < -0.3 is 15.7 Å². The number of carbonyl (C=O) groups excluding carboxylic acids is 1. The van der Waals surface area contributed by atoms with E-state index in [4.69, 9.17) is 0 Å². The normalized spacial score (nSPS) is 10.9. The van der Waals surface area contributed by atoms with Crippen LogP contribution in [0.2, 0.25) is 0 Å². The first-order valence-corrected chi connectivity index (χ1v) is 7.83. The van der Waals surface area contributed by atoms with Gasteiger partial charge in [-0.05, 0) is 45.0 Å². The van der Waals surface area contributed by atoms with E-state index in [0.717, 1.165) is 17.8 Å². The van der Waals surface area contributed by atoms with E-state index in [2.05, 4.69) is 10.6 Å². The molecule has 0 radical (unpaired) electrons. The van der Waals surface area contributed by atoms with Gasteiger partial charge >= 0.3 is 11.4 Å². The van der Waals surface area contributed by atoms with Crippen molar-refractivity contribution in [3.8, 4) is 5.75 Å². The highest BCUT2D eigenvalue weighted by molar-refractivity contribution is 6.05. The zero-order valence-electron chi connectivity index (χ0n) is 14.8. The van der Waals surface area contributed by atoms with Gasteiger partial charge in [0.05, 0.1) is 15.4 Å². The van der Waals surface area contributed by atoms with Gasteiger partial charge in [-0.2, -0.15) is 0 Å². The molecule has 27 heavy (non-hydrogen) atoms. The summed E-state index contributed by atoms with van der Waals surface area (Å²) in [6.07, 6.45) is 0. The molecular formula is C17H18N4O6. The minimum absolute atomic E-state index is 0.144. The minimum Gasteiger partial charge on any atom is -0.497 e. The van der Waals surface area contributed by atoms with Crippen molar-refractivity contribution in [3.63, 3.8) is 0 Å². The number of phenolic OH excluding ortho intramolecular Hbond substituents is 1. The highest BCUT2D eigenvalue weighted by Gasteiger charge is 2.28. The molecule has 0 fully saturated rings. The number of nitrogens with zero attached hydrogens (tertiary/aromatic N) is 2. The van der Waals surface area contributed by atoms with Gasteiger partial charge in [0, 0.05) is 29.0 Å². The topological polar surface area (TPSA) is 148 Å². The number of anilines is 2. The number of rotatable bonds is 5. The van der Waals surface area contributed by atoms with Crippen LogP contribution >= 0.6 is 0 Å². The van der Waals surface area contributed by atoms with Crippen molar-refractivity contribution >= 4 is 28.7 Å². The molecule has 0 unspecified atom stereocenters. The fourth-order valence-corrected chi connectivity index (χ4v) is 2.29. The monoisotopic (exact) mass is 374 g/mol. The first kappa shape index (κ1) is 19.6. The lowest BCUT2D eigenvalue weighted by Crippen LogP contribution is -2.25. The van der Waals surface area contributed by atoms with Gasteiger partial charge in [0.25, 0.3) is 11.7 Å². The summed E-state index contributed by atoms with van der Waals surface area (Å²) in [5.74, 6) is -1.88. The van der Waals surface area contributed by atoms with E-state index in [1.807, 2.05) is 20.8 Å². The SMILES string of the molecule is CC(C)(C)Nc1ccc(NC(=O)c2cc([N+](=O)[O-])c(O)c([N+](=O)[O-])c2)cc1. The highest BCUT2D eigenvalue weighted by atomic mass is 16.6. The van der Waals surface area contributed by atoms with Gasteiger partial charge in [0.1, 0.15) is 0 Å². The number of nitrogens with one attached hydrogen (secondary N) is 2. The van der Waals surface area contributed by atoms with Gasteiger partial charge in [0.2, 0.25) is 0 Å². The molecule has 142 valence electrons. The maximum atomic E-state index is 12.3. The van der Waals surface area contributed by atoms with E-state index in [0.29, 0.717) is 5.69 Å². The second-order valence-corrected chi connectivity index (χ2v) is 6.78. The average molecular weight is 374 g/mol. The van der Waals surface area contributed by atoms with Gasteiger partial charge in [-0.25, -0.2) is 0 Å². The lowest BCUT2D eigenvalue weighted by Gasteiger charge is -2.22. The Labute approximate surface area is 154 Å². The third-order valence-electron chi connectivity index (χ3n) is 3.39. The number of phenols is 1. The molecule has 0 spiro atoms. The zero-order valence-corrected chi connectivity index (χ0v) is 14.8. The first-order valence-electron chi connectivity index (χ1n) is 7.83. The second-order valence-electron chi connectivity index (χ2n) is 6.78. The average Bonchev–Trinajstić information content (AvgIpc) is 2.54. The minimum atomic E-state index is -1.10. The predicted molar refractivity (Wildman–Crippen MR) is 99.2 cm³/mol. The van der Waals surface area contributed by atoms with E-state index in [1.165, 1.54) is 0 Å². The van der Waals surface area contributed by atoms with Crippen molar-refractivity contribution in [3.05, 3.63) is 62.2 Å². The van der Waals surface area contributed by atoms with E-state index < -0.39 is 32.9 Å². The van der Waals surface area contributed by atoms with Gasteiger partial charge in [0.15, 0.2) is 0 Å². The number of carbonyl (C=O) groups is 1. The molecule has 2 rings (SSSR count). The van der Waals surface area contributed by atoms with Crippen LogP contribution in [0.4, 0.5) is 22.7 Å². The molecular weight excluding hydrogens is 356 g/mol. The van der Waals surface area contributed by atoms with Crippen LogP contribution < -0.4 is 10.6 Å². The number of aromatic hydroxyl groups is 1. The molecule has 0 bridgehead atoms. The van der Waals surface area contributed by atoms with Crippen LogP contribution in [0.3, 0.4) is 0 Å². The fourth-order valence-electron chi connectivity index (χ4n) is 2.29. The predicted octanol–water partition coefficient (Wildman–Crippen LogP) is 3.67. The van der Waals surface area contributed by atoms with Crippen molar-refractivity contribution in [2.45, 2.75) is 26.3 Å². The quantitative estimate of drug-likeness (QED) is 0.534. The number of hydrogen-bond acceptors (Lipinski definition) is 7. The number of nitro groups is 2.